The Balaban J connectivity index is 2.47. The van der Waals surface area contributed by atoms with Gasteiger partial charge in [-0.15, -0.1) is 0 Å². The van der Waals surface area contributed by atoms with Gasteiger partial charge in [-0.1, -0.05) is 40.9 Å². The minimum atomic E-state index is -3.97. The average Bonchev–Trinajstić information content (AvgIpc) is 2.42. The van der Waals surface area contributed by atoms with Crippen molar-refractivity contribution in [1.82, 2.24) is 0 Å². The molecule has 1 N–H and O–H groups in total. The van der Waals surface area contributed by atoms with Gasteiger partial charge in [0.15, 0.2) is 0 Å². The van der Waals surface area contributed by atoms with Crippen molar-refractivity contribution in [2.45, 2.75) is 4.90 Å². The molecule has 0 amide bonds. The van der Waals surface area contributed by atoms with Crippen LogP contribution >= 0.6 is 34.8 Å². The Kier molecular flexibility index (Phi) is 4.64. The number of benzene rings is 2. The second-order valence-corrected chi connectivity index (χ2v) is 6.83. The predicted octanol–water partition coefficient (Wildman–Crippen LogP) is 4.32. The highest BCUT2D eigenvalue weighted by Crippen LogP contribution is 2.33. The SMILES string of the molecule is N#Cc1ccc(S(=O)(=O)Nc2c(Cl)cccc2Cl)c(Cl)c1. The Labute approximate surface area is 136 Å². The Hall–Kier alpha value is -1.45. The van der Waals surface area contributed by atoms with Gasteiger partial charge < -0.3 is 0 Å². The second-order valence-electron chi connectivity index (χ2n) is 3.96. The topological polar surface area (TPSA) is 70.0 Å². The first-order valence-corrected chi connectivity index (χ1v) is 8.13. The monoisotopic (exact) mass is 360 g/mol. The summed E-state index contributed by atoms with van der Waals surface area (Å²) >= 11 is 17.7. The van der Waals surface area contributed by atoms with E-state index in [2.05, 4.69) is 4.72 Å². The van der Waals surface area contributed by atoms with Crippen LogP contribution in [0.1, 0.15) is 5.56 Å². The lowest BCUT2D eigenvalue weighted by Crippen LogP contribution is -2.14. The average molecular weight is 362 g/mol. The zero-order chi connectivity index (χ0) is 15.6. The zero-order valence-corrected chi connectivity index (χ0v) is 13.4. The highest BCUT2D eigenvalue weighted by atomic mass is 35.5. The summed E-state index contributed by atoms with van der Waals surface area (Å²) in [6.07, 6.45) is 0. The molecule has 4 nitrogen and oxygen atoms in total. The Morgan fingerprint density at radius 1 is 1.00 bits per heavy atom. The highest BCUT2D eigenvalue weighted by Gasteiger charge is 2.20. The molecule has 0 atom stereocenters. The summed E-state index contributed by atoms with van der Waals surface area (Å²) in [7, 11) is -3.97. The minimum absolute atomic E-state index is 0.0651. The number of sulfonamides is 1. The van der Waals surface area contributed by atoms with Gasteiger partial charge >= 0.3 is 0 Å². The van der Waals surface area contributed by atoms with Crippen LogP contribution < -0.4 is 4.72 Å². The summed E-state index contributed by atoms with van der Waals surface area (Å²) in [4.78, 5) is -0.167. The number of nitrogens with zero attached hydrogens (tertiary/aromatic N) is 1. The number of anilines is 1. The first-order valence-electron chi connectivity index (χ1n) is 5.51. The molecule has 0 bridgehead atoms. The normalized spacial score (nSPS) is 11.0. The predicted molar refractivity (Wildman–Crippen MR) is 83.4 cm³/mol. The van der Waals surface area contributed by atoms with E-state index in [9.17, 15) is 8.42 Å². The molecule has 2 aromatic carbocycles. The number of para-hydroxylation sites is 1. The summed E-state index contributed by atoms with van der Waals surface area (Å²) in [5, 5.41) is 9.02. The summed E-state index contributed by atoms with van der Waals surface area (Å²) < 4.78 is 27.0. The second kappa shape index (κ2) is 6.12. The fraction of sp³-hybridized carbons (Fsp3) is 0. The van der Waals surface area contributed by atoms with Crippen molar-refractivity contribution in [3.63, 3.8) is 0 Å². The van der Waals surface area contributed by atoms with Gasteiger partial charge in [-0.25, -0.2) is 8.42 Å². The first-order chi connectivity index (χ1) is 9.85. The van der Waals surface area contributed by atoms with Crippen molar-refractivity contribution in [2.75, 3.05) is 4.72 Å². The van der Waals surface area contributed by atoms with E-state index in [0.29, 0.717) is 0 Å². The highest BCUT2D eigenvalue weighted by molar-refractivity contribution is 7.92. The number of hydrogen-bond acceptors (Lipinski definition) is 3. The quantitative estimate of drug-likeness (QED) is 0.885. The van der Waals surface area contributed by atoms with Crippen molar-refractivity contribution in [3.8, 4) is 6.07 Å². The molecule has 2 aromatic rings. The van der Waals surface area contributed by atoms with Gasteiger partial charge in [-0.3, -0.25) is 4.72 Å². The maximum Gasteiger partial charge on any atom is 0.263 e. The summed E-state index contributed by atoms with van der Waals surface area (Å²) in [6, 6.07) is 10.3. The molecule has 0 saturated heterocycles. The van der Waals surface area contributed by atoms with Crippen LogP contribution in [0.5, 0.6) is 0 Å². The molecule has 0 fully saturated rings. The zero-order valence-electron chi connectivity index (χ0n) is 10.3. The van der Waals surface area contributed by atoms with Crippen molar-refractivity contribution in [1.29, 1.82) is 5.26 Å². The minimum Gasteiger partial charge on any atom is -0.277 e. The molecule has 8 heteroatoms. The van der Waals surface area contributed by atoms with E-state index in [-0.39, 0.29) is 31.2 Å². The number of hydrogen-bond donors (Lipinski definition) is 1. The van der Waals surface area contributed by atoms with Gasteiger partial charge in [0.2, 0.25) is 0 Å². The van der Waals surface area contributed by atoms with Gasteiger partial charge in [-0.05, 0) is 30.3 Å². The smallest absolute Gasteiger partial charge is 0.263 e. The number of nitriles is 1. The Morgan fingerprint density at radius 2 is 1.62 bits per heavy atom. The van der Waals surface area contributed by atoms with Crippen molar-refractivity contribution in [2.24, 2.45) is 0 Å². The lowest BCUT2D eigenvalue weighted by atomic mass is 10.2. The summed E-state index contributed by atoms with van der Waals surface area (Å²) in [6.45, 7) is 0. The molecular weight excluding hydrogens is 355 g/mol. The Morgan fingerprint density at radius 3 is 2.14 bits per heavy atom. The lowest BCUT2D eigenvalue weighted by Gasteiger charge is -2.12. The number of nitrogens with one attached hydrogen (secondary N) is 1. The fourth-order valence-corrected chi connectivity index (χ4v) is 3.82. The van der Waals surface area contributed by atoms with E-state index in [0.717, 1.165) is 0 Å². The largest absolute Gasteiger partial charge is 0.277 e. The van der Waals surface area contributed by atoms with Crippen LogP contribution in [-0.2, 0) is 10.0 Å². The van der Waals surface area contributed by atoms with Crippen LogP contribution in [-0.4, -0.2) is 8.42 Å². The molecule has 0 heterocycles. The van der Waals surface area contributed by atoms with Gasteiger partial charge in [0.25, 0.3) is 10.0 Å². The van der Waals surface area contributed by atoms with E-state index in [1.54, 1.807) is 6.07 Å². The standard InChI is InChI=1S/C13H7Cl3N2O2S/c14-9-2-1-3-10(15)13(9)18-21(19,20)12-5-4-8(7-17)6-11(12)16/h1-6,18H. The maximum atomic E-state index is 12.3. The van der Waals surface area contributed by atoms with Gasteiger partial charge in [0.1, 0.15) is 4.90 Å². The van der Waals surface area contributed by atoms with E-state index in [1.807, 2.05) is 6.07 Å². The molecule has 0 radical (unpaired) electrons. The van der Waals surface area contributed by atoms with Crippen LogP contribution in [0.25, 0.3) is 0 Å². The third-order valence-corrected chi connectivity index (χ3v) is 5.01. The number of halogens is 3. The molecule has 0 aromatic heterocycles. The molecule has 0 aliphatic heterocycles. The maximum absolute atomic E-state index is 12.3. The van der Waals surface area contributed by atoms with Crippen molar-refractivity contribution < 1.29 is 8.42 Å². The molecule has 0 aliphatic rings. The molecule has 0 unspecified atom stereocenters. The molecule has 2 rings (SSSR count). The van der Waals surface area contributed by atoms with E-state index >= 15 is 0 Å². The van der Waals surface area contributed by atoms with E-state index < -0.39 is 10.0 Å². The Bertz CT molecular complexity index is 825. The third kappa shape index (κ3) is 3.42. The van der Waals surface area contributed by atoms with E-state index in [4.69, 9.17) is 40.1 Å². The van der Waals surface area contributed by atoms with Crippen molar-refractivity contribution >= 4 is 50.5 Å². The molecule has 0 saturated carbocycles. The van der Waals surface area contributed by atoms with Crippen LogP contribution in [0.3, 0.4) is 0 Å². The van der Waals surface area contributed by atoms with E-state index in [1.165, 1.54) is 30.3 Å². The van der Waals surface area contributed by atoms with Gasteiger partial charge in [-0.2, -0.15) is 5.26 Å². The van der Waals surface area contributed by atoms with Gasteiger partial charge in [0, 0.05) is 0 Å². The molecule has 0 aliphatic carbocycles. The van der Waals surface area contributed by atoms with Gasteiger partial charge in [0.05, 0.1) is 32.4 Å². The van der Waals surface area contributed by atoms with Crippen LogP contribution in [0.2, 0.25) is 15.1 Å². The van der Waals surface area contributed by atoms with Crippen LogP contribution in [0.4, 0.5) is 5.69 Å². The summed E-state index contributed by atoms with van der Waals surface area (Å²) in [5.74, 6) is 0. The van der Waals surface area contributed by atoms with Crippen molar-refractivity contribution in [3.05, 3.63) is 57.0 Å². The molecular formula is C13H7Cl3N2O2S. The molecule has 21 heavy (non-hydrogen) atoms. The molecule has 0 spiro atoms. The number of rotatable bonds is 3. The lowest BCUT2D eigenvalue weighted by molar-refractivity contribution is 0.601. The first kappa shape index (κ1) is 15.9. The molecule has 108 valence electrons. The third-order valence-electron chi connectivity index (χ3n) is 2.55. The fourth-order valence-electron chi connectivity index (χ4n) is 1.57. The van der Waals surface area contributed by atoms with Crippen LogP contribution in [0.15, 0.2) is 41.3 Å². The van der Waals surface area contributed by atoms with Crippen LogP contribution in [0, 0.1) is 11.3 Å². The summed E-state index contributed by atoms with van der Waals surface area (Å²) in [5.41, 5.74) is 0.330.